The topological polar surface area (TPSA) is 74.6 Å². The number of hydrogen-bond donors (Lipinski definition) is 0. The van der Waals surface area contributed by atoms with E-state index in [0.29, 0.717) is 19.4 Å². The van der Waals surface area contributed by atoms with Crippen LogP contribution in [0.25, 0.3) is 0 Å². The van der Waals surface area contributed by atoms with Crippen molar-refractivity contribution < 1.29 is 9.59 Å². The van der Waals surface area contributed by atoms with E-state index in [1.807, 2.05) is 43.8 Å². The summed E-state index contributed by atoms with van der Waals surface area (Å²) in [6.45, 7) is 7.11. The Labute approximate surface area is 171 Å². The fraction of sp³-hybridized carbons (Fsp3) is 0.524. The highest BCUT2D eigenvalue weighted by atomic mass is 16.2. The predicted octanol–water partition coefficient (Wildman–Crippen LogP) is 1.94. The van der Waals surface area contributed by atoms with Gasteiger partial charge in [-0.15, -0.1) is 0 Å². The minimum atomic E-state index is -0.721. The zero-order valence-electron chi connectivity index (χ0n) is 17.3. The quantitative estimate of drug-likeness (QED) is 0.722. The number of imide groups is 1. The van der Waals surface area contributed by atoms with Crippen molar-refractivity contribution in [2.45, 2.75) is 45.3 Å². The smallest absolute Gasteiger partial charge is 0.310 e. The average molecular weight is 396 g/mol. The maximum Gasteiger partial charge on any atom is 0.328 e. The molecule has 0 aromatic carbocycles. The van der Waals surface area contributed by atoms with Crippen LogP contribution in [-0.4, -0.2) is 66.6 Å². The Morgan fingerprint density at radius 2 is 1.90 bits per heavy atom. The number of likely N-dealkylation sites (N-methyl/N-ethyl adjacent to an activating group) is 1. The van der Waals surface area contributed by atoms with Crippen molar-refractivity contribution in [3.05, 3.63) is 47.5 Å². The van der Waals surface area contributed by atoms with Crippen molar-refractivity contribution in [3.8, 4) is 0 Å². The van der Waals surface area contributed by atoms with Crippen molar-refractivity contribution >= 4 is 11.9 Å². The number of aromatic nitrogens is 3. The number of carbonyl (C=O) groups excluding carboxylic acids is 2. The van der Waals surface area contributed by atoms with Gasteiger partial charge in [0, 0.05) is 51.2 Å². The van der Waals surface area contributed by atoms with Crippen LogP contribution in [0.3, 0.4) is 0 Å². The van der Waals surface area contributed by atoms with Gasteiger partial charge < -0.3 is 4.90 Å². The Bertz CT molecular complexity index is 901. The number of nitrogens with zero attached hydrogens (tertiary/aromatic N) is 6. The third-order valence-electron chi connectivity index (χ3n) is 6.18. The lowest BCUT2D eigenvalue weighted by atomic mass is 9.85. The van der Waals surface area contributed by atoms with E-state index in [-0.39, 0.29) is 18.5 Å². The molecule has 4 heterocycles. The third-order valence-corrected chi connectivity index (χ3v) is 6.18. The molecule has 1 spiro atoms. The Morgan fingerprint density at radius 1 is 1.14 bits per heavy atom. The van der Waals surface area contributed by atoms with Crippen LogP contribution in [0.2, 0.25) is 0 Å². The van der Waals surface area contributed by atoms with E-state index in [1.54, 1.807) is 11.1 Å². The van der Waals surface area contributed by atoms with Gasteiger partial charge in [-0.1, -0.05) is 6.07 Å². The number of aryl methyl sites for hydroxylation is 2. The molecule has 0 radical (unpaired) electrons. The number of likely N-dealkylation sites (tertiary alicyclic amines) is 1. The molecule has 4 rings (SSSR count). The van der Waals surface area contributed by atoms with Crippen LogP contribution in [0.15, 0.2) is 30.6 Å². The van der Waals surface area contributed by atoms with Gasteiger partial charge in [0.05, 0.1) is 17.9 Å². The van der Waals surface area contributed by atoms with Gasteiger partial charge in [0.1, 0.15) is 5.54 Å². The van der Waals surface area contributed by atoms with E-state index in [9.17, 15) is 9.59 Å². The molecule has 0 N–H and O–H groups in total. The largest absolute Gasteiger partial charge is 0.328 e. The molecular formula is C21H28N6O2. The molecule has 2 fully saturated rings. The average Bonchev–Trinajstić information content (AvgIpc) is 3.13. The van der Waals surface area contributed by atoms with Gasteiger partial charge in [0.2, 0.25) is 0 Å². The monoisotopic (exact) mass is 396 g/mol. The van der Waals surface area contributed by atoms with E-state index in [2.05, 4.69) is 21.2 Å². The van der Waals surface area contributed by atoms with Gasteiger partial charge >= 0.3 is 6.03 Å². The summed E-state index contributed by atoms with van der Waals surface area (Å²) in [7, 11) is 1.93. The summed E-state index contributed by atoms with van der Waals surface area (Å²) in [5, 5.41) is 4.42. The number of urea groups is 1. The Morgan fingerprint density at radius 3 is 2.48 bits per heavy atom. The molecule has 8 heteroatoms. The highest BCUT2D eigenvalue weighted by Gasteiger charge is 2.57. The van der Waals surface area contributed by atoms with Crippen LogP contribution in [0.4, 0.5) is 4.79 Å². The molecule has 2 aliphatic heterocycles. The normalized spacial score (nSPS) is 19.6. The van der Waals surface area contributed by atoms with Crippen molar-refractivity contribution in [2.75, 3.05) is 19.6 Å². The van der Waals surface area contributed by atoms with Crippen molar-refractivity contribution in [3.63, 3.8) is 0 Å². The van der Waals surface area contributed by atoms with Gasteiger partial charge in [-0.2, -0.15) is 5.10 Å². The zero-order valence-corrected chi connectivity index (χ0v) is 17.3. The van der Waals surface area contributed by atoms with Gasteiger partial charge in [0.25, 0.3) is 5.91 Å². The summed E-state index contributed by atoms with van der Waals surface area (Å²) in [5.74, 6) is -0.0767. The second kappa shape index (κ2) is 7.59. The molecule has 0 atom stereocenters. The summed E-state index contributed by atoms with van der Waals surface area (Å²) < 4.78 is 1.84. The minimum absolute atomic E-state index is 0.0767. The number of carbonyl (C=O) groups is 2. The summed E-state index contributed by atoms with van der Waals surface area (Å²) >= 11 is 0. The molecule has 2 saturated heterocycles. The fourth-order valence-electron chi connectivity index (χ4n) is 4.62. The molecule has 8 nitrogen and oxygen atoms in total. The second-order valence-corrected chi connectivity index (χ2v) is 7.96. The van der Waals surface area contributed by atoms with Gasteiger partial charge in [-0.05, 0) is 38.8 Å². The Balaban J connectivity index is 1.49. The van der Waals surface area contributed by atoms with Crippen molar-refractivity contribution in [2.24, 2.45) is 7.05 Å². The molecule has 154 valence electrons. The molecule has 29 heavy (non-hydrogen) atoms. The minimum Gasteiger partial charge on any atom is -0.310 e. The van der Waals surface area contributed by atoms with E-state index in [1.165, 1.54) is 10.5 Å². The lowest BCUT2D eigenvalue weighted by Crippen LogP contribution is -2.56. The number of hydrogen-bond acceptors (Lipinski definition) is 5. The van der Waals surface area contributed by atoms with Crippen LogP contribution in [0.5, 0.6) is 0 Å². The molecule has 2 aromatic heterocycles. The summed E-state index contributed by atoms with van der Waals surface area (Å²) in [6.07, 6.45) is 5.05. The zero-order chi connectivity index (χ0) is 20.6. The molecule has 0 bridgehead atoms. The molecule has 0 aliphatic carbocycles. The van der Waals surface area contributed by atoms with Gasteiger partial charge in [-0.25, -0.2) is 4.79 Å². The standard InChI is InChI=1S/C21H28N6O2/c1-4-27-20(29)26(15-18-7-5-6-10-22-18)19(28)21(27)8-11-25(12-9-21)14-17-13-24(3)23-16(17)2/h5-7,10,13H,4,8-9,11-12,14-15H2,1-3H3. The highest BCUT2D eigenvalue weighted by Crippen LogP contribution is 2.38. The Hall–Kier alpha value is -2.74. The second-order valence-electron chi connectivity index (χ2n) is 7.96. The maximum absolute atomic E-state index is 13.4. The highest BCUT2D eigenvalue weighted by molar-refractivity contribution is 6.07. The first kappa shape index (κ1) is 19.6. The van der Waals surface area contributed by atoms with E-state index < -0.39 is 5.54 Å². The summed E-state index contributed by atoms with van der Waals surface area (Å²) in [5.41, 5.74) is 2.26. The van der Waals surface area contributed by atoms with Crippen LogP contribution in [-0.2, 0) is 24.9 Å². The number of pyridine rings is 1. The summed E-state index contributed by atoms with van der Waals surface area (Å²) in [4.78, 5) is 36.2. The van der Waals surface area contributed by atoms with E-state index in [0.717, 1.165) is 31.0 Å². The molecule has 2 aromatic rings. The predicted molar refractivity (Wildman–Crippen MR) is 108 cm³/mol. The van der Waals surface area contributed by atoms with Crippen molar-refractivity contribution in [1.82, 2.24) is 29.5 Å². The first-order valence-electron chi connectivity index (χ1n) is 10.2. The van der Waals surface area contributed by atoms with Crippen molar-refractivity contribution in [1.29, 1.82) is 0 Å². The van der Waals surface area contributed by atoms with Crippen LogP contribution >= 0.6 is 0 Å². The lowest BCUT2D eigenvalue weighted by molar-refractivity contribution is -0.136. The molecule has 2 aliphatic rings. The third kappa shape index (κ3) is 3.42. The van der Waals surface area contributed by atoms with Crippen LogP contribution in [0.1, 0.15) is 36.7 Å². The van der Waals surface area contributed by atoms with Crippen LogP contribution in [0, 0.1) is 6.92 Å². The van der Waals surface area contributed by atoms with Crippen LogP contribution < -0.4 is 0 Å². The van der Waals surface area contributed by atoms with E-state index >= 15 is 0 Å². The maximum atomic E-state index is 13.4. The molecule has 3 amide bonds. The van der Waals surface area contributed by atoms with Gasteiger partial charge in [0.15, 0.2) is 0 Å². The lowest BCUT2D eigenvalue weighted by Gasteiger charge is -2.41. The first-order chi connectivity index (χ1) is 13.9. The van der Waals surface area contributed by atoms with Gasteiger partial charge in [-0.3, -0.25) is 24.3 Å². The first-order valence-corrected chi connectivity index (χ1v) is 10.2. The molecule has 0 unspecified atom stereocenters. The fourth-order valence-corrected chi connectivity index (χ4v) is 4.62. The Kier molecular flexibility index (Phi) is 5.12. The summed E-state index contributed by atoms with van der Waals surface area (Å²) in [6, 6.07) is 5.36. The van der Waals surface area contributed by atoms with E-state index in [4.69, 9.17) is 0 Å². The number of piperidine rings is 1. The number of rotatable bonds is 5. The number of amides is 3. The molecule has 0 saturated carbocycles. The molecular weight excluding hydrogens is 368 g/mol. The SMILES string of the molecule is CCN1C(=O)N(Cc2ccccn2)C(=O)C12CCN(Cc1cn(C)nc1C)CC2.